The molecule has 0 aliphatic heterocycles. The summed E-state index contributed by atoms with van der Waals surface area (Å²) in [5.74, 6) is -7.11. The van der Waals surface area contributed by atoms with Crippen LogP contribution in [0, 0.1) is 24.5 Å². The molecule has 8 heteroatoms. The molecular formula is C22H20ClF2NO4. The minimum Gasteiger partial charge on any atom is -0.503 e. The fraction of sp³-hybridized carbons (Fsp3) is 0.273. The highest BCUT2D eigenvalue weighted by molar-refractivity contribution is 6.30. The van der Waals surface area contributed by atoms with Crippen molar-refractivity contribution in [1.82, 2.24) is 4.57 Å². The van der Waals surface area contributed by atoms with Crippen LogP contribution in [0.1, 0.15) is 47.8 Å². The van der Waals surface area contributed by atoms with Gasteiger partial charge in [-0.1, -0.05) is 31.9 Å². The largest absolute Gasteiger partial charge is 0.503 e. The summed E-state index contributed by atoms with van der Waals surface area (Å²) in [5, 5.41) is 19.8. The first kappa shape index (κ1) is 21.8. The van der Waals surface area contributed by atoms with Crippen molar-refractivity contribution in [2.75, 3.05) is 0 Å². The van der Waals surface area contributed by atoms with Crippen molar-refractivity contribution >= 4 is 34.4 Å². The zero-order valence-corrected chi connectivity index (χ0v) is 17.3. The predicted molar refractivity (Wildman–Crippen MR) is 109 cm³/mol. The molecule has 0 saturated carbocycles. The average molecular weight is 436 g/mol. The molecule has 0 aliphatic carbocycles. The van der Waals surface area contributed by atoms with Crippen molar-refractivity contribution in [2.45, 2.75) is 33.1 Å². The number of phenolic OH excluding ortho intramolecular Hbond substituents is 1. The SMILES string of the molecule is CCC(C)[C@@H](C(=O)O)c1c(C)n(C(=O)c2ccc(Cl)cc2)c2cc(F)c(O)c(F)c12. The second-order valence-corrected chi connectivity index (χ2v) is 7.70. The molecule has 0 saturated heterocycles. The number of benzene rings is 2. The van der Waals surface area contributed by atoms with Gasteiger partial charge >= 0.3 is 5.97 Å². The first-order valence-corrected chi connectivity index (χ1v) is 9.72. The Hall–Kier alpha value is -2.93. The fourth-order valence-electron chi connectivity index (χ4n) is 3.76. The average Bonchev–Trinajstić information content (AvgIpc) is 2.98. The van der Waals surface area contributed by atoms with E-state index in [-0.39, 0.29) is 27.7 Å². The molecule has 1 aromatic heterocycles. The van der Waals surface area contributed by atoms with Gasteiger partial charge in [-0.2, -0.15) is 0 Å². The molecule has 2 aromatic carbocycles. The van der Waals surface area contributed by atoms with Crippen molar-refractivity contribution in [1.29, 1.82) is 0 Å². The third-order valence-corrected chi connectivity index (χ3v) is 5.74. The number of phenols is 1. The van der Waals surface area contributed by atoms with Gasteiger partial charge in [0.2, 0.25) is 0 Å². The number of hydrogen-bond acceptors (Lipinski definition) is 3. The van der Waals surface area contributed by atoms with E-state index in [4.69, 9.17) is 11.6 Å². The summed E-state index contributed by atoms with van der Waals surface area (Å²) in [6, 6.07) is 6.78. The first-order chi connectivity index (χ1) is 14.1. The molecule has 3 rings (SSSR count). The molecule has 1 unspecified atom stereocenters. The number of halogens is 3. The number of aliphatic carboxylic acids is 1. The van der Waals surface area contributed by atoms with Gasteiger partial charge in [0.05, 0.1) is 11.4 Å². The van der Waals surface area contributed by atoms with Crippen LogP contribution in [0.15, 0.2) is 30.3 Å². The Balaban J connectivity index is 2.42. The fourth-order valence-corrected chi connectivity index (χ4v) is 3.89. The molecule has 30 heavy (non-hydrogen) atoms. The van der Waals surface area contributed by atoms with Crippen molar-refractivity contribution < 1.29 is 28.6 Å². The van der Waals surface area contributed by atoms with Crippen LogP contribution >= 0.6 is 11.6 Å². The lowest BCUT2D eigenvalue weighted by molar-refractivity contribution is -0.140. The number of carbonyl (C=O) groups is 2. The van der Waals surface area contributed by atoms with Crippen LogP contribution in [-0.2, 0) is 4.79 Å². The Morgan fingerprint density at radius 2 is 1.80 bits per heavy atom. The molecule has 0 spiro atoms. The standard InChI is InChI=1S/C22H20ClF2NO4/c1-4-10(2)16(22(29)30)17-11(3)26(21(28)12-5-7-13(23)8-6-12)15-9-14(24)20(27)19(25)18(15)17/h5-10,16,27H,4H2,1-3H3,(H,29,30)/t10?,16-/m1/s1. The van der Waals surface area contributed by atoms with Crippen LogP contribution in [0.25, 0.3) is 10.9 Å². The molecule has 0 amide bonds. The Bertz CT molecular complexity index is 1150. The van der Waals surface area contributed by atoms with Gasteiger partial charge in [0, 0.05) is 27.7 Å². The van der Waals surface area contributed by atoms with Crippen LogP contribution in [0.5, 0.6) is 5.75 Å². The van der Waals surface area contributed by atoms with Crippen LogP contribution in [0.3, 0.4) is 0 Å². The summed E-state index contributed by atoms with van der Waals surface area (Å²) < 4.78 is 30.3. The molecule has 0 radical (unpaired) electrons. The van der Waals surface area contributed by atoms with Gasteiger partial charge in [-0.25, -0.2) is 8.78 Å². The number of hydrogen-bond donors (Lipinski definition) is 2. The van der Waals surface area contributed by atoms with Gasteiger partial charge in [0.1, 0.15) is 0 Å². The van der Waals surface area contributed by atoms with Crippen molar-refractivity contribution in [3.63, 3.8) is 0 Å². The van der Waals surface area contributed by atoms with Crippen LogP contribution in [0.2, 0.25) is 5.02 Å². The maximum atomic E-state index is 15.0. The summed E-state index contributed by atoms with van der Waals surface area (Å²) in [6.45, 7) is 4.97. The summed E-state index contributed by atoms with van der Waals surface area (Å²) in [7, 11) is 0. The lowest BCUT2D eigenvalue weighted by Crippen LogP contribution is -2.21. The number of nitrogens with zero attached hydrogens (tertiary/aromatic N) is 1. The van der Waals surface area contributed by atoms with Gasteiger partial charge in [-0.15, -0.1) is 0 Å². The van der Waals surface area contributed by atoms with E-state index in [0.717, 1.165) is 10.6 Å². The van der Waals surface area contributed by atoms with E-state index in [2.05, 4.69) is 0 Å². The minimum atomic E-state index is -1.29. The molecular weight excluding hydrogens is 416 g/mol. The Kier molecular flexibility index (Phi) is 5.85. The number of carboxylic acid groups (broad SMARTS) is 1. The lowest BCUT2D eigenvalue weighted by Gasteiger charge is -2.20. The summed E-state index contributed by atoms with van der Waals surface area (Å²) in [4.78, 5) is 25.3. The molecule has 2 N–H and O–H groups in total. The quantitative estimate of drug-likeness (QED) is 0.555. The first-order valence-electron chi connectivity index (χ1n) is 9.35. The van der Waals surface area contributed by atoms with Crippen LogP contribution in [0.4, 0.5) is 8.78 Å². The lowest BCUT2D eigenvalue weighted by atomic mass is 9.84. The van der Waals surface area contributed by atoms with Crippen LogP contribution < -0.4 is 0 Å². The van der Waals surface area contributed by atoms with Gasteiger partial charge in [0.15, 0.2) is 17.4 Å². The van der Waals surface area contributed by atoms with Gasteiger partial charge < -0.3 is 10.2 Å². The molecule has 1 heterocycles. The van der Waals surface area contributed by atoms with Crippen molar-refractivity contribution in [3.8, 4) is 5.75 Å². The highest BCUT2D eigenvalue weighted by atomic mass is 35.5. The monoisotopic (exact) mass is 435 g/mol. The Labute approximate surface area is 176 Å². The van der Waals surface area contributed by atoms with Gasteiger partial charge in [-0.05, 0) is 42.7 Å². The summed E-state index contributed by atoms with van der Waals surface area (Å²) in [5.41, 5.74) is 0.267. The minimum absolute atomic E-state index is 0.0435. The Morgan fingerprint density at radius 1 is 1.20 bits per heavy atom. The molecule has 2 atom stereocenters. The molecule has 0 fully saturated rings. The van der Waals surface area contributed by atoms with Crippen LogP contribution in [-0.4, -0.2) is 26.7 Å². The number of fused-ring (bicyclic) bond motifs is 1. The smallest absolute Gasteiger partial charge is 0.311 e. The van der Waals surface area contributed by atoms with Gasteiger partial charge in [0.25, 0.3) is 5.91 Å². The predicted octanol–water partition coefficient (Wildman–Crippen LogP) is 5.49. The van der Waals surface area contributed by atoms with Gasteiger partial charge in [-0.3, -0.25) is 14.2 Å². The molecule has 3 aromatic rings. The number of carboxylic acids is 1. The molecule has 0 bridgehead atoms. The zero-order valence-electron chi connectivity index (χ0n) is 16.5. The highest BCUT2D eigenvalue weighted by Gasteiger charge is 2.35. The topological polar surface area (TPSA) is 79.5 Å². The van der Waals surface area contributed by atoms with E-state index < -0.39 is 41.1 Å². The highest BCUT2D eigenvalue weighted by Crippen LogP contribution is 2.41. The maximum Gasteiger partial charge on any atom is 0.311 e. The number of aromatic nitrogens is 1. The van der Waals surface area contributed by atoms with E-state index in [1.54, 1.807) is 13.8 Å². The number of carbonyl (C=O) groups excluding carboxylic acids is 1. The van der Waals surface area contributed by atoms with E-state index >= 15 is 0 Å². The second kappa shape index (κ2) is 8.07. The van der Waals surface area contributed by atoms with E-state index in [9.17, 15) is 28.6 Å². The van der Waals surface area contributed by atoms with Crippen molar-refractivity contribution in [3.05, 3.63) is 63.8 Å². The molecule has 5 nitrogen and oxygen atoms in total. The normalized spacial score (nSPS) is 13.4. The summed E-state index contributed by atoms with van der Waals surface area (Å²) in [6.07, 6.45) is 0.475. The third-order valence-electron chi connectivity index (χ3n) is 5.49. The number of aromatic hydroxyl groups is 1. The zero-order chi connectivity index (χ0) is 22.3. The van der Waals surface area contributed by atoms with E-state index in [1.165, 1.54) is 31.2 Å². The molecule has 158 valence electrons. The van der Waals surface area contributed by atoms with Crippen molar-refractivity contribution in [2.24, 2.45) is 5.92 Å². The van der Waals surface area contributed by atoms with E-state index in [0.29, 0.717) is 11.4 Å². The molecule has 0 aliphatic rings. The van der Waals surface area contributed by atoms with E-state index in [1.807, 2.05) is 0 Å². The Morgan fingerprint density at radius 3 is 2.33 bits per heavy atom. The maximum absolute atomic E-state index is 15.0. The second-order valence-electron chi connectivity index (χ2n) is 7.26. The third kappa shape index (κ3) is 3.43. The number of rotatable bonds is 5. The summed E-state index contributed by atoms with van der Waals surface area (Å²) >= 11 is 5.87.